The van der Waals surface area contributed by atoms with E-state index in [2.05, 4.69) is 5.32 Å². The van der Waals surface area contributed by atoms with Gasteiger partial charge in [0.2, 0.25) is 0 Å². The van der Waals surface area contributed by atoms with Crippen LogP contribution in [0, 0.1) is 0 Å². The van der Waals surface area contributed by atoms with Crippen molar-refractivity contribution in [3.8, 4) is 23.0 Å². The van der Waals surface area contributed by atoms with Gasteiger partial charge >= 0.3 is 0 Å². The Morgan fingerprint density at radius 3 is 2.12 bits per heavy atom. The minimum atomic E-state index is -0.253. The molecule has 0 bridgehead atoms. The van der Waals surface area contributed by atoms with Crippen LogP contribution in [0.15, 0.2) is 42.5 Å². The molecule has 0 fully saturated rings. The van der Waals surface area contributed by atoms with Crippen LogP contribution in [0.3, 0.4) is 0 Å². The van der Waals surface area contributed by atoms with Gasteiger partial charge < -0.3 is 24.3 Å². The van der Waals surface area contributed by atoms with Crippen LogP contribution in [0.25, 0.3) is 0 Å². The Labute approximate surface area is 147 Å². The number of hydrogen-bond donors (Lipinski definition) is 1. The van der Waals surface area contributed by atoms with Crippen LogP contribution in [0.5, 0.6) is 23.0 Å². The predicted octanol–water partition coefficient (Wildman–Crippen LogP) is 2.97. The van der Waals surface area contributed by atoms with Crippen molar-refractivity contribution >= 4 is 5.91 Å². The number of benzene rings is 2. The van der Waals surface area contributed by atoms with Crippen LogP contribution in [0.2, 0.25) is 0 Å². The summed E-state index contributed by atoms with van der Waals surface area (Å²) in [4.78, 5) is 12.1. The van der Waals surface area contributed by atoms with E-state index in [-0.39, 0.29) is 18.6 Å². The number of nitrogens with one attached hydrogen (secondary N) is 1. The van der Waals surface area contributed by atoms with Crippen molar-refractivity contribution in [3.63, 3.8) is 0 Å². The Kier molecular flexibility index (Phi) is 6.51. The molecule has 0 aliphatic heterocycles. The first-order chi connectivity index (χ1) is 12.1. The summed E-state index contributed by atoms with van der Waals surface area (Å²) in [6.07, 6.45) is 0. The lowest BCUT2D eigenvalue weighted by atomic mass is 10.1. The molecule has 2 rings (SSSR count). The maximum absolute atomic E-state index is 12.1. The summed E-state index contributed by atoms with van der Waals surface area (Å²) in [5, 5.41) is 2.89. The highest BCUT2D eigenvalue weighted by Gasteiger charge is 2.15. The van der Waals surface area contributed by atoms with Crippen molar-refractivity contribution in [2.75, 3.05) is 27.9 Å². The van der Waals surface area contributed by atoms with Crippen LogP contribution in [0.1, 0.15) is 18.5 Å². The molecule has 1 atom stereocenters. The minimum absolute atomic E-state index is 0.0804. The fraction of sp³-hybridized carbons (Fsp3) is 0.316. The van der Waals surface area contributed by atoms with Gasteiger partial charge in [0.1, 0.15) is 23.0 Å². The highest BCUT2D eigenvalue weighted by atomic mass is 16.5. The van der Waals surface area contributed by atoms with Gasteiger partial charge in [-0.15, -0.1) is 0 Å². The quantitative estimate of drug-likeness (QED) is 0.797. The molecule has 25 heavy (non-hydrogen) atoms. The second kappa shape index (κ2) is 8.82. The van der Waals surface area contributed by atoms with Crippen LogP contribution in [0.4, 0.5) is 0 Å². The van der Waals surface area contributed by atoms with Crippen molar-refractivity contribution in [3.05, 3.63) is 48.0 Å². The van der Waals surface area contributed by atoms with E-state index in [0.29, 0.717) is 17.2 Å². The van der Waals surface area contributed by atoms with Gasteiger partial charge in [-0.2, -0.15) is 0 Å². The van der Waals surface area contributed by atoms with E-state index >= 15 is 0 Å². The van der Waals surface area contributed by atoms with Gasteiger partial charge in [-0.25, -0.2) is 0 Å². The van der Waals surface area contributed by atoms with Crippen molar-refractivity contribution in [1.82, 2.24) is 5.32 Å². The Hall–Kier alpha value is -2.89. The molecule has 6 nitrogen and oxygen atoms in total. The Bertz CT molecular complexity index is 699. The summed E-state index contributed by atoms with van der Waals surface area (Å²) in [5.74, 6) is 2.49. The second-order valence-corrected chi connectivity index (χ2v) is 5.36. The molecule has 0 saturated heterocycles. The van der Waals surface area contributed by atoms with Gasteiger partial charge in [-0.1, -0.05) is 0 Å². The average molecular weight is 345 g/mol. The van der Waals surface area contributed by atoms with Gasteiger partial charge in [-0.05, 0) is 49.4 Å². The number of methoxy groups -OCH3 is 3. The van der Waals surface area contributed by atoms with Crippen LogP contribution in [-0.4, -0.2) is 33.8 Å². The fourth-order valence-corrected chi connectivity index (χ4v) is 2.36. The van der Waals surface area contributed by atoms with E-state index in [9.17, 15) is 4.79 Å². The number of carbonyl (C=O) groups is 1. The van der Waals surface area contributed by atoms with Crippen molar-refractivity contribution in [2.45, 2.75) is 13.0 Å². The smallest absolute Gasteiger partial charge is 0.258 e. The number of rotatable bonds is 8. The fourth-order valence-electron chi connectivity index (χ4n) is 2.36. The molecule has 2 aromatic carbocycles. The number of ether oxygens (including phenoxy) is 4. The summed E-state index contributed by atoms with van der Waals surface area (Å²) in [6, 6.07) is 12.3. The average Bonchev–Trinajstić information content (AvgIpc) is 2.66. The topological polar surface area (TPSA) is 66.0 Å². The molecule has 2 aromatic rings. The first-order valence-corrected chi connectivity index (χ1v) is 7.85. The van der Waals surface area contributed by atoms with E-state index in [0.717, 1.165) is 11.3 Å². The molecular formula is C19H23NO5. The van der Waals surface area contributed by atoms with Gasteiger partial charge in [0.05, 0.1) is 27.4 Å². The number of carbonyl (C=O) groups excluding carboxylic acids is 1. The lowest BCUT2D eigenvalue weighted by Gasteiger charge is -2.18. The van der Waals surface area contributed by atoms with Gasteiger partial charge in [-0.3, -0.25) is 4.79 Å². The Balaban J connectivity index is 1.95. The van der Waals surface area contributed by atoms with Crippen molar-refractivity contribution < 1.29 is 23.7 Å². The number of hydrogen-bond acceptors (Lipinski definition) is 5. The molecule has 1 amide bonds. The van der Waals surface area contributed by atoms with Gasteiger partial charge in [0.25, 0.3) is 5.91 Å². The Morgan fingerprint density at radius 2 is 1.52 bits per heavy atom. The first kappa shape index (κ1) is 18.4. The Morgan fingerprint density at radius 1 is 0.920 bits per heavy atom. The molecule has 0 aliphatic carbocycles. The van der Waals surface area contributed by atoms with Crippen molar-refractivity contribution in [2.24, 2.45) is 0 Å². The third kappa shape index (κ3) is 5.04. The van der Waals surface area contributed by atoms with Gasteiger partial charge in [0.15, 0.2) is 6.61 Å². The molecule has 0 aromatic heterocycles. The SMILES string of the molecule is COc1ccc(OCC(=O)N[C@@H](C)c2cc(OC)ccc2OC)cc1. The van der Waals surface area contributed by atoms with Crippen LogP contribution >= 0.6 is 0 Å². The second-order valence-electron chi connectivity index (χ2n) is 5.36. The van der Waals surface area contributed by atoms with E-state index < -0.39 is 0 Å². The predicted molar refractivity (Wildman–Crippen MR) is 94.6 cm³/mol. The zero-order valence-corrected chi connectivity index (χ0v) is 14.9. The minimum Gasteiger partial charge on any atom is -0.497 e. The molecular weight excluding hydrogens is 322 g/mol. The summed E-state index contributed by atoms with van der Waals surface area (Å²) >= 11 is 0. The van der Waals surface area contributed by atoms with Crippen LogP contribution in [-0.2, 0) is 4.79 Å². The third-order valence-electron chi connectivity index (χ3n) is 3.71. The monoisotopic (exact) mass is 345 g/mol. The highest BCUT2D eigenvalue weighted by molar-refractivity contribution is 5.78. The number of amides is 1. The molecule has 134 valence electrons. The molecule has 0 aliphatic rings. The normalized spacial score (nSPS) is 11.4. The van der Waals surface area contributed by atoms with Crippen molar-refractivity contribution in [1.29, 1.82) is 0 Å². The first-order valence-electron chi connectivity index (χ1n) is 7.85. The maximum atomic E-state index is 12.1. The summed E-state index contributed by atoms with van der Waals surface area (Å²) < 4.78 is 21.1. The van der Waals surface area contributed by atoms with E-state index in [1.54, 1.807) is 45.6 Å². The van der Waals surface area contributed by atoms with Crippen LogP contribution < -0.4 is 24.3 Å². The largest absolute Gasteiger partial charge is 0.497 e. The third-order valence-corrected chi connectivity index (χ3v) is 3.71. The molecule has 0 unspecified atom stereocenters. The molecule has 1 N–H and O–H groups in total. The summed E-state index contributed by atoms with van der Waals surface area (Å²) in [7, 11) is 4.78. The molecule has 0 spiro atoms. The lowest BCUT2D eigenvalue weighted by molar-refractivity contribution is -0.123. The van der Waals surface area contributed by atoms with Gasteiger partial charge in [0, 0.05) is 5.56 Å². The highest BCUT2D eigenvalue weighted by Crippen LogP contribution is 2.29. The molecule has 6 heteroatoms. The van der Waals surface area contributed by atoms with E-state index in [4.69, 9.17) is 18.9 Å². The van der Waals surface area contributed by atoms with E-state index in [1.165, 1.54) is 0 Å². The molecule has 0 heterocycles. The molecule has 0 radical (unpaired) electrons. The maximum Gasteiger partial charge on any atom is 0.258 e. The lowest BCUT2D eigenvalue weighted by Crippen LogP contribution is -2.31. The standard InChI is InChI=1S/C19H23NO5/c1-13(17-11-16(23-3)9-10-18(17)24-4)20-19(21)12-25-15-7-5-14(22-2)6-8-15/h5-11,13H,12H2,1-4H3,(H,20,21)/t13-/m0/s1. The zero-order valence-electron chi connectivity index (χ0n) is 14.9. The van der Waals surface area contributed by atoms with E-state index in [1.807, 2.05) is 25.1 Å². The summed E-state index contributed by atoms with van der Waals surface area (Å²) in [6.45, 7) is 1.80. The zero-order chi connectivity index (χ0) is 18.2. The summed E-state index contributed by atoms with van der Waals surface area (Å²) in [5.41, 5.74) is 0.833. The molecule has 0 saturated carbocycles.